The number of carbonyl (C=O) groups is 2. The van der Waals surface area contributed by atoms with E-state index in [9.17, 15) is 9.59 Å². The van der Waals surface area contributed by atoms with Crippen molar-refractivity contribution >= 4 is 11.9 Å². The molecule has 6 nitrogen and oxygen atoms in total. The van der Waals surface area contributed by atoms with Crippen LogP contribution in [0.5, 0.6) is 0 Å². The van der Waals surface area contributed by atoms with Crippen LogP contribution in [0.4, 0.5) is 0 Å². The Hall–Kier alpha value is -1.85. The third kappa shape index (κ3) is 1.79. The minimum atomic E-state index is -0.854. The molecule has 1 aliphatic carbocycles. The Labute approximate surface area is 97.2 Å². The van der Waals surface area contributed by atoms with Gasteiger partial charge in [0.15, 0.2) is 5.69 Å². The topological polar surface area (TPSA) is 83.6 Å². The Kier molecular flexibility index (Phi) is 2.17. The van der Waals surface area contributed by atoms with Crippen molar-refractivity contribution in [3.8, 4) is 0 Å². The zero-order valence-corrected chi connectivity index (χ0v) is 9.13. The molecule has 90 valence electrons. The summed E-state index contributed by atoms with van der Waals surface area (Å²) in [5.74, 6) is -0.337. The quantitative estimate of drug-likeness (QED) is 0.835. The lowest BCUT2D eigenvalue weighted by molar-refractivity contribution is -0.146. The van der Waals surface area contributed by atoms with E-state index in [0.717, 1.165) is 18.6 Å². The Morgan fingerprint density at radius 1 is 1.41 bits per heavy atom. The van der Waals surface area contributed by atoms with Crippen molar-refractivity contribution in [1.82, 2.24) is 10.1 Å². The third-order valence-electron chi connectivity index (χ3n) is 3.25. The monoisotopic (exact) mass is 236 g/mol. The number of aliphatic carboxylic acids is 1. The SMILES string of the molecule is O=C(O)C1CN(C(=O)c2cc(C3CC3)on2)C1. The fourth-order valence-electron chi connectivity index (χ4n) is 1.91. The largest absolute Gasteiger partial charge is 0.481 e. The molecular formula is C11H12N2O4. The van der Waals surface area contributed by atoms with Crippen LogP contribution in [-0.4, -0.2) is 40.1 Å². The summed E-state index contributed by atoms with van der Waals surface area (Å²) < 4.78 is 5.09. The normalized spacial score (nSPS) is 20.1. The average molecular weight is 236 g/mol. The predicted octanol–water partition coefficient (Wildman–Crippen LogP) is 0.709. The van der Waals surface area contributed by atoms with Gasteiger partial charge in [0.2, 0.25) is 0 Å². The highest BCUT2D eigenvalue weighted by Gasteiger charge is 2.37. The Bertz CT molecular complexity index is 472. The Balaban J connectivity index is 1.64. The van der Waals surface area contributed by atoms with E-state index in [1.165, 1.54) is 4.90 Å². The smallest absolute Gasteiger partial charge is 0.310 e. The van der Waals surface area contributed by atoms with E-state index in [-0.39, 0.29) is 24.7 Å². The standard InChI is InChI=1S/C11H12N2O4/c14-10(13-4-7(5-13)11(15)16)8-3-9(17-12-8)6-1-2-6/h3,6-7H,1-2,4-5H2,(H,15,16). The number of nitrogens with zero attached hydrogens (tertiary/aromatic N) is 2. The van der Waals surface area contributed by atoms with Gasteiger partial charge in [-0.3, -0.25) is 9.59 Å². The molecule has 3 rings (SSSR count). The summed E-state index contributed by atoms with van der Waals surface area (Å²) in [4.78, 5) is 24.0. The van der Waals surface area contributed by atoms with Gasteiger partial charge < -0.3 is 14.5 Å². The summed E-state index contributed by atoms with van der Waals surface area (Å²) >= 11 is 0. The van der Waals surface area contributed by atoms with Crippen LogP contribution in [0.15, 0.2) is 10.6 Å². The number of hydrogen-bond acceptors (Lipinski definition) is 4. The maximum Gasteiger partial charge on any atom is 0.310 e. The van der Waals surface area contributed by atoms with Gasteiger partial charge in [-0.2, -0.15) is 0 Å². The van der Waals surface area contributed by atoms with E-state index in [1.54, 1.807) is 6.07 Å². The lowest BCUT2D eigenvalue weighted by Gasteiger charge is -2.35. The van der Waals surface area contributed by atoms with Crippen LogP contribution < -0.4 is 0 Å². The van der Waals surface area contributed by atoms with E-state index in [0.29, 0.717) is 5.92 Å². The van der Waals surface area contributed by atoms with Gasteiger partial charge in [0.25, 0.3) is 5.91 Å². The molecule has 0 spiro atoms. The molecule has 2 fully saturated rings. The van der Waals surface area contributed by atoms with Crippen molar-refractivity contribution in [1.29, 1.82) is 0 Å². The molecule has 1 amide bonds. The number of amides is 1. The number of hydrogen-bond donors (Lipinski definition) is 1. The first-order valence-electron chi connectivity index (χ1n) is 5.64. The Morgan fingerprint density at radius 3 is 2.71 bits per heavy atom. The van der Waals surface area contributed by atoms with Crippen LogP contribution >= 0.6 is 0 Å². The summed E-state index contributed by atoms with van der Waals surface area (Å²) in [5, 5.41) is 12.5. The number of carboxylic acid groups (broad SMARTS) is 1. The van der Waals surface area contributed by atoms with E-state index in [2.05, 4.69) is 5.16 Å². The first-order valence-corrected chi connectivity index (χ1v) is 5.64. The molecule has 0 unspecified atom stereocenters. The van der Waals surface area contributed by atoms with Gasteiger partial charge in [-0.05, 0) is 12.8 Å². The molecule has 1 saturated carbocycles. The summed E-state index contributed by atoms with van der Waals surface area (Å²) in [5.41, 5.74) is 0.288. The second-order valence-electron chi connectivity index (χ2n) is 4.63. The van der Waals surface area contributed by atoms with Crippen LogP contribution in [0, 0.1) is 5.92 Å². The van der Waals surface area contributed by atoms with Crippen LogP contribution in [-0.2, 0) is 4.79 Å². The summed E-state index contributed by atoms with van der Waals surface area (Å²) in [6.45, 7) is 0.527. The van der Waals surface area contributed by atoms with E-state index in [1.807, 2.05) is 0 Å². The molecule has 0 radical (unpaired) electrons. The summed E-state index contributed by atoms with van der Waals surface area (Å²) in [6.07, 6.45) is 2.18. The van der Waals surface area contributed by atoms with E-state index < -0.39 is 11.9 Å². The van der Waals surface area contributed by atoms with Crippen molar-refractivity contribution in [3.05, 3.63) is 17.5 Å². The number of rotatable bonds is 3. The molecule has 17 heavy (non-hydrogen) atoms. The van der Waals surface area contributed by atoms with Crippen molar-refractivity contribution in [2.75, 3.05) is 13.1 Å². The van der Waals surface area contributed by atoms with Gasteiger partial charge in [0.05, 0.1) is 5.92 Å². The van der Waals surface area contributed by atoms with Gasteiger partial charge in [0, 0.05) is 25.1 Å². The van der Waals surface area contributed by atoms with Crippen molar-refractivity contribution in [3.63, 3.8) is 0 Å². The lowest BCUT2D eigenvalue weighted by Crippen LogP contribution is -2.53. The molecule has 1 aromatic heterocycles. The molecule has 6 heteroatoms. The molecule has 1 aromatic rings. The highest BCUT2D eigenvalue weighted by molar-refractivity contribution is 5.93. The van der Waals surface area contributed by atoms with Crippen LogP contribution in [0.2, 0.25) is 0 Å². The molecular weight excluding hydrogens is 224 g/mol. The summed E-state index contributed by atoms with van der Waals surface area (Å²) in [7, 11) is 0. The highest BCUT2D eigenvalue weighted by Crippen LogP contribution is 2.40. The number of carboxylic acids is 1. The van der Waals surface area contributed by atoms with Crippen molar-refractivity contribution in [2.45, 2.75) is 18.8 Å². The molecule has 2 aliphatic rings. The van der Waals surface area contributed by atoms with E-state index in [4.69, 9.17) is 9.63 Å². The second-order valence-corrected chi connectivity index (χ2v) is 4.63. The maximum absolute atomic E-state index is 11.9. The molecule has 0 bridgehead atoms. The third-order valence-corrected chi connectivity index (χ3v) is 3.25. The van der Waals surface area contributed by atoms with Crippen molar-refractivity contribution in [2.24, 2.45) is 5.92 Å². The highest BCUT2D eigenvalue weighted by atomic mass is 16.5. The molecule has 1 N–H and O–H groups in total. The van der Waals surface area contributed by atoms with Crippen molar-refractivity contribution < 1.29 is 19.2 Å². The van der Waals surface area contributed by atoms with Gasteiger partial charge in [-0.25, -0.2) is 0 Å². The molecule has 1 aliphatic heterocycles. The summed E-state index contributed by atoms with van der Waals surface area (Å²) in [6, 6.07) is 1.67. The zero-order chi connectivity index (χ0) is 12.0. The zero-order valence-electron chi connectivity index (χ0n) is 9.13. The minimum Gasteiger partial charge on any atom is -0.481 e. The first kappa shape index (κ1) is 10.3. The average Bonchev–Trinajstić information content (AvgIpc) is 2.93. The fraction of sp³-hybridized carbons (Fsp3) is 0.545. The van der Waals surface area contributed by atoms with Crippen LogP contribution in [0.1, 0.15) is 35.0 Å². The van der Waals surface area contributed by atoms with Gasteiger partial charge >= 0.3 is 5.97 Å². The fourth-order valence-corrected chi connectivity index (χ4v) is 1.91. The van der Waals surface area contributed by atoms with Gasteiger partial charge in [-0.1, -0.05) is 5.16 Å². The Morgan fingerprint density at radius 2 is 2.12 bits per heavy atom. The second kappa shape index (κ2) is 3.58. The van der Waals surface area contributed by atoms with Crippen LogP contribution in [0.25, 0.3) is 0 Å². The molecule has 1 saturated heterocycles. The number of carbonyl (C=O) groups excluding carboxylic acids is 1. The molecule has 0 atom stereocenters. The van der Waals surface area contributed by atoms with Gasteiger partial charge in [-0.15, -0.1) is 0 Å². The maximum atomic E-state index is 11.9. The van der Waals surface area contributed by atoms with E-state index >= 15 is 0 Å². The minimum absolute atomic E-state index is 0.238. The molecule has 2 heterocycles. The number of likely N-dealkylation sites (tertiary alicyclic amines) is 1. The lowest BCUT2D eigenvalue weighted by atomic mass is 10.00. The van der Waals surface area contributed by atoms with Crippen LogP contribution in [0.3, 0.4) is 0 Å². The molecule has 0 aromatic carbocycles. The predicted molar refractivity (Wildman–Crippen MR) is 55.5 cm³/mol. The number of aromatic nitrogens is 1. The first-order chi connectivity index (χ1) is 8.15. The van der Waals surface area contributed by atoms with Gasteiger partial charge in [0.1, 0.15) is 5.76 Å².